The van der Waals surface area contributed by atoms with Gasteiger partial charge in [0.05, 0.1) is 0 Å². The lowest BCUT2D eigenvalue weighted by Gasteiger charge is -2.11. The summed E-state index contributed by atoms with van der Waals surface area (Å²) in [7, 11) is 0. The third-order valence-electron chi connectivity index (χ3n) is 3.10. The zero-order valence-corrected chi connectivity index (χ0v) is 13.5. The SMILES string of the molecule is CC(CC(=O)c1ccc(I)cc1)c1ccc(Cl)cc1. The van der Waals surface area contributed by atoms with Gasteiger partial charge in [-0.2, -0.15) is 0 Å². The molecule has 1 unspecified atom stereocenters. The molecule has 0 heterocycles. The van der Waals surface area contributed by atoms with Crippen LogP contribution < -0.4 is 0 Å². The molecule has 0 fully saturated rings. The van der Waals surface area contributed by atoms with E-state index in [4.69, 9.17) is 11.6 Å². The Morgan fingerprint density at radius 1 is 1.11 bits per heavy atom. The Kier molecular flexibility index (Phi) is 4.99. The predicted molar refractivity (Wildman–Crippen MR) is 88.0 cm³/mol. The summed E-state index contributed by atoms with van der Waals surface area (Å²) in [6, 6.07) is 15.4. The maximum absolute atomic E-state index is 12.2. The first-order valence-electron chi connectivity index (χ1n) is 6.10. The summed E-state index contributed by atoms with van der Waals surface area (Å²) in [5.41, 5.74) is 1.92. The number of hydrogen-bond donors (Lipinski definition) is 0. The average Bonchev–Trinajstić information content (AvgIpc) is 2.40. The molecule has 98 valence electrons. The third kappa shape index (κ3) is 4.05. The number of benzene rings is 2. The lowest BCUT2D eigenvalue weighted by molar-refractivity contribution is 0.0975. The molecule has 0 saturated carbocycles. The van der Waals surface area contributed by atoms with Gasteiger partial charge in [-0.3, -0.25) is 4.79 Å². The van der Waals surface area contributed by atoms with Crippen LogP contribution in [-0.4, -0.2) is 5.78 Å². The van der Waals surface area contributed by atoms with Gasteiger partial charge in [0.1, 0.15) is 0 Å². The monoisotopic (exact) mass is 384 g/mol. The van der Waals surface area contributed by atoms with E-state index in [1.807, 2.05) is 48.5 Å². The van der Waals surface area contributed by atoms with E-state index in [1.165, 1.54) is 0 Å². The second-order valence-electron chi connectivity index (χ2n) is 4.59. The van der Waals surface area contributed by atoms with Crippen LogP contribution in [0.3, 0.4) is 0 Å². The number of carbonyl (C=O) groups is 1. The Morgan fingerprint density at radius 2 is 1.68 bits per heavy atom. The van der Waals surface area contributed by atoms with Gasteiger partial charge in [-0.05, 0) is 58.3 Å². The molecule has 2 aromatic carbocycles. The van der Waals surface area contributed by atoms with Gasteiger partial charge in [-0.15, -0.1) is 0 Å². The van der Waals surface area contributed by atoms with Gasteiger partial charge in [0.2, 0.25) is 0 Å². The fourth-order valence-electron chi connectivity index (χ4n) is 1.94. The molecular formula is C16H14ClIO. The van der Waals surface area contributed by atoms with Crippen LogP contribution >= 0.6 is 34.2 Å². The first kappa shape index (κ1) is 14.5. The molecule has 0 aliphatic heterocycles. The molecule has 0 N–H and O–H groups in total. The molecule has 1 atom stereocenters. The molecule has 0 bridgehead atoms. The lowest BCUT2D eigenvalue weighted by Crippen LogP contribution is -2.05. The molecule has 0 spiro atoms. The summed E-state index contributed by atoms with van der Waals surface area (Å²) in [6.07, 6.45) is 0.516. The van der Waals surface area contributed by atoms with Gasteiger partial charge in [0, 0.05) is 20.6 Å². The number of Topliss-reactive ketones (excluding diaryl/α,β-unsaturated/α-hetero) is 1. The van der Waals surface area contributed by atoms with Crippen LogP contribution in [0.15, 0.2) is 48.5 Å². The summed E-state index contributed by atoms with van der Waals surface area (Å²) >= 11 is 8.10. The smallest absolute Gasteiger partial charge is 0.163 e. The number of ketones is 1. The van der Waals surface area contributed by atoms with E-state index < -0.39 is 0 Å². The summed E-state index contributed by atoms with van der Waals surface area (Å²) in [5, 5.41) is 0.722. The molecule has 3 heteroatoms. The Hall–Kier alpha value is -0.870. The molecule has 2 rings (SSSR count). The van der Waals surface area contributed by atoms with Crippen molar-refractivity contribution in [3.8, 4) is 0 Å². The van der Waals surface area contributed by atoms with Gasteiger partial charge in [0.15, 0.2) is 5.78 Å². The van der Waals surface area contributed by atoms with E-state index >= 15 is 0 Å². The molecule has 0 aliphatic carbocycles. The number of rotatable bonds is 4. The second kappa shape index (κ2) is 6.53. The second-order valence-corrected chi connectivity index (χ2v) is 6.27. The minimum Gasteiger partial charge on any atom is -0.294 e. The molecule has 1 nitrogen and oxygen atoms in total. The summed E-state index contributed by atoms with van der Waals surface area (Å²) in [4.78, 5) is 12.2. The molecule has 0 radical (unpaired) electrons. The highest BCUT2D eigenvalue weighted by molar-refractivity contribution is 14.1. The van der Waals surface area contributed by atoms with Crippen LogP contribution in [0.5, 0.6) is 0 Å². The minimum absolute atomic E-state index is 0.179. The highest BCUT2D eigenvalue weighted by Gasteiger charge is 2.12. The van der Waals surface area contributed by atoms with Gasteiger partial charge < -0.3 is 0 Å². The maximum atomic E-state index is 12.2. The minimum atomic E-state index is 0.179. The van der Waals surface area contributed by atoms with Crippen molar-refractivity contribution in [2.75, 3.05) is 0 Å². The van der Waals surface area contributed by atoms with Crippen molar-refractivity contribution in [1.29, 1.82) is 0 Å². The van der Waals surface area contributed by atoms with E-state index in [1.54, 1.807) is 0 Å². The molecular weight excluding hydrogens is 371 g/mol. The number of hydrogen-bond acceptors (Lipinski definition) is 1. The van der Waals surface area contributed by atoms with Crippen LogP contribution in [0.4, 0.5) is 0 Å². The van der Waals surface area contributed by atoms with Crippen molar-refractivity contribution in [2.45, 2.75) is 19.3 Å². The van der Waals surface area contributed by atoms with Crippen molar-refractivity contribution in [2.24, 2.45) is 0 Å². The summed E-state index contributed by atoms with van der Waals surface area (Å²) in [6.45, 7) is 2.06. The highest BCUT2D eigenvalue weighted by atomic mass is 127. The van der Waals surface area contributed by atoms with E-state index in [0.29, 0.717) is 6.42 Å². The largest absolute Gasteiger partial charge is 0.294 e. The molecule has 0 aromatic heterocycles. The van der Waals surface area contributed by atoms with Gasteiger partial charge in [0.25, 0.3) is 0 Å². The summed E-state index contributed by atoms with van der Waals surface area (Å²) in [5.74, 6) is 0.378. The summed E-state index contributed by atoms with van der Waals surface area (Å²) < 4.78 is 1.14. The van der Waals surface area contributed by atoms with E-state index in [-0.39, 0.29) is 11.7 Å². The number of halogens is 2. The van der Waals surface area contributed by atoms with Gasteiger partial charge in [-0.1, -0.05) is 42.8 Å². The first-order chi connectivity index (χ1) is 9.06. The van der Waals surface area contributed by atoms with Crippen molar-refractivity contribution < 1.29 is 4.79 Å². The zero-order chi connectivity index (χ0) is 13.8. The molecule has 0 saturated heterocycles. The molecule has 19 heavy (non-hydrogen) atoms. The topological polar surface area (TPSA) is 17.1 Å². The van der Waals surface area contributed by atoms with Crippen molar-refractivity contribution >= 4 is 40.0 Å². The Morgan fingerprint density at radius 3 is 2.26 bits per heavy atom. The standard InChI is InChI=1S/C16H14ClIO/c1-11(12-2-6-14(17)7-3-12)10-16(19)13-4-8-15(18)9-5-13/h2-9,11H,10H2,1H3. The van der Waals surface area contributed by atoms with Crippen molar-refractivity contribution in [3.63, 3.8) is 0 Å². The fraction of sp³-hybridized carbons (Fsp3) is 0.188. The van der Waals surface area contributed by atoms with Crippen LogP contribution in [0, 0.1) is 3.57 Å². The van der Waals surface area contributed by atoms with Crippen LogP contribution in [0.25, 0.3) is 0 Å². The molecule has 0 aliphatic rings. The van der Waals surface area contributed by atoms with Crippen molar-refractivity contribution in [1.82, 2.24) is 0 Å². The fourth-order valence-corrected chi connectivity index (χ4v) is 2.43. The Balaban J connectivity index is 2.06. The van der Waals surface area contributed by atoms with Crippen LogP contribution in [0.1, 0.15) is 35.2 Å². The highest BCUT2D eigenvalue weighted by Crippen LogP contribution is 2.23. The van der Waals surface area contributed by atoms with Gasteiger partial charge >= 0.3 is 0 Å². The Labute approximate surface area is 132 Å². The molecule has 0 amide bonds. The normalized spacial score (nSPS) is 12.2. The van der Waals surface area contributed by atoms with Crippen molar-refractivity contribution in [3.05, 3.63) is 68.3 Å². The third-order valence-corrected chi connectivity index (χ3v) is 4.07. The quantitative estimate of drug-likeness (QED) is 0.515. The van der Waals surface area contributed by atoms with E-state index in [0.717, 1.165) is 19.7 Å². The number of carbonyl (C=O) groups excluding carboxylic acids is 1. The lowest BCUT2D eigenvalue weighted by atomic mass is 9.93. The Bertz CT molecular complexity index is 560. The maximum Gasteiger partial charge on any atom is 0.163 e. The van der Waals surface area contributed by atoms with Crippen LogP contribution in [0.2, 0.25) is 5.02 Å². The van der Waals surface area contributed by atoms with Crippen LogP contribution in [-0.2, 0) is 0 Å². The average molecular weight is 385 g/mol. The first-order valence-corrected chi connectivity index (χ1v) is 7.56. The molecule has 2 aromatic rings. The van der Waals surface area contributed by atoms with E-state index in [9.17, 15) is 4.79 Å². The van der Waals surface area contributed by atoms with Gasteiger partial charge in [-0.25, -0.2) is 0 Å². The predicted octanol–water partition coefficient (Wildman–Crippen LogP) is 5.32. The zero-order valence-electron chi connectivity index (χ0n) is 10.6. The van der Waals surface area contributed by atoms with E-state index in [2.05, 4.69) is 29.5 Å².